The largest absolute Gasteiger partial charge is 0.507 e. The van der Waals surface area contributed by atoms with E-state index in [4.69, 9.17) is 5.26 Å². The van der Waals surface area contributed by atoms with E-state index in [0.717, 1.165) is 0 Å². The molecule has 0 saturated heterocycles. The Morgan fingerprint density at radius 2 is 2.11 bits per heavy atom. The molecule has 1 aromatic carbocycles. The van der Waals surface area contributed by atoms with Crippen LogP contribution in [0.1, 0.15) is 28.4 Å². The molecule has 0 radical (unpaired) electrons. The second-order valence-electron chi connectivity index (χ2n) is 3.25. The summed E-state index contributed by atoms with van der Waals surface area (Å²) >= 11 is 0. The maximum absolute atomic E-state index is 12.5. The number of alkyl halides is 3. The monoisotopic (exact) mass is 259 g/mol. The molecule has 0 bridgehead atoms. The molecule has 0 aliphatic rings. The van der Waals surface area contributed by atoms with Gasteiger partial charge in [0, 0.05) is 0 Å². The summed E-state index contributed by atoms with van der Waals surface area (Å²) in [7, 11) is 0. The van der Waals surface area contributed by atoms with Crippen LogP contribution < -0.4 is 0 Å². The first-order chi connectivity index (χ1) is 8.31. The highest BCUT2D eigenvalue weighted by atomic mass is 19.4. The molecule has 0 unspecified atom stereocenters. The standard InChI is InChI=1S/C11H8F3NO3/c1-2-18-10(17)7-3-6(11(12,13)14)4-9(16)8(7)5-15/h3-4,16H,2H2,1H3. The predicted molar refractivity (Wildman–Crippen MR) is 53.8 cm³/mol. The highest BCUT2D eigenvalue weighted by Crippen LogP contribution is 2.34. The number of carbonyl (C=O) groups excluding carboxylic acids is 1. The quantitative estimate of drug-likeness (QED) is 0.828. The van der Waals surface area contributed by atoms with E-state index in [1.807, 2.05) is 0 Å². The number of benzene rings is 1. The van der Waals surface area contributed by atoms with Gasteiger partial charge in [0.15, 0.2) is 0 Å². The van der Waals surface area contributed by atoms with Crippen LogP contribution in [-0.4, -0.2) is 17.7 Å². The lowest BCUT2D eigenvalue weighted by molar-refractivity contribution is -0.137. The van der Waals surface area contributed by atoms with Crippen molar-refractivity contribution in [2.24, 2.45) is 0 Å². The summed E-state index contributed by atoms with van der Waals surface area (Å²) in [5.41, 5.74) is -2.37. The van der Waals surface area contributed by atoms with Gasteiger partial charge in [-0.05, 0) is 19.1 Å². The number of rotatable bonds is 2. The van der Waals surface area contributed by atoms with Crippen molar-refractivity contribution >= 4 is 5.97 Å². The third-order valence-corrected chi connectivity index (χ3v) is 2.05. The fraction of sp³-hybridized carbons (Fsp3) is 0.273. The Balaban J connectivity index is 3.43. The normalized spacial score (nSPS) is 10.8. The Hall–Kier alpha value is -2.23. The molecule has 0 fully saturated rings. The summed E-state index contributed by atoms with van der Waals surface area (Å²) in [6, 6.07) is 2.34. The Kier molecular flexibility index (Phi) is 3.81. The maximum atomic E-state index is 12.5. The van der Waals surface area contributed by atoms with Gasteiger partial charge >= 0.3 is 12.1 Å². The number of hydrogen-bond acceptors (Lipinski definition) is 4. The van der Waals surface area contributed by atoms with Crippen molar-refractivity contribution in [3.05, 3.63) is 28.8 Å². The lowest BCUT2D eigenvalue weighted by atomic mass is 10.0. The number of halogens is 3. The molecule has 1 aromatic rings. The van der Waals surface area contributed by atoms with Crippen molar-refractivity contribution < 1.29 is 27.8 Å². The van der Waals surface area contributed by atoms with E-state index < -0.39 is 34.6 Å². The second-order valence-corrected chi connectivity index (χ2v) is 3.25. The average molecular weight is 259 g/mol. The van der Waals surface area contributed by atoms with Crippen molar-refractivity contribution in [2.75, 3.05) is 6.61 Å². The first kappa shape index (κ1) is 13.8. The summed E-state index contributed by atoms with van der Waals surface area (Å²) in [6.07, 6.45) is -4.73. The molecule has 4 nitrogen and oxygen atoms in total. The molecule has 1 N–H and O–H groups in total. The van der Waals surface area contributed by atoms with Gasteiger partial charge in [0.05, 0.1) is 17.7 Å². The molecular weight excluding hydrogens is 251 g/mol. The lowest BCUT2D eigenvalue weighted by Gasteiger charge is -2.11. The first-order valence-corrected chi connectivity index (χ1v) is 4.82. The number of carbonyl (C=O) groups is 1. The zero-order valence-corrected chi connectivity index (χ0v) is 9.21. The highest BCUT2D eigenvalue weighted by molar-refractivity contribution is 5.93. The lowest BCUT2D eigenvalue weighted by Crippen LogP contribution is -2.11. The van der Waals surface area contributed by atoms with Crippen molar-refractivity contribution in [3.8, 4) is 11.8 Å². The Morgan fingerprint density at radius 3 is 2.56 bits per heavy atom. The number of hydrogen-bond donors (Lipinski definition) is 1. The second kappa shape index (κ2) is 4.96. The SMILES string of the molecule is CCOC(=O)c1cc(C(F)(F)F)cc(O)c1C#N. The van der Waals surface area contributed by atoms with Gasteiger partial charge in [0.25, 0.3) is 0 Å². The molecule has 0 spiro atoms. The van der Waals surface area contributed by atoms with E-state index in [1.54, 1.807) is 0 Å². The molecule has 18 heavy (non-hydrogen) atoms. The molecule has 0 saturated carbocycles. The number of ether oxygens (including phenoxy) is 1. The van der Waals surface area contributed by atoms with E-state index in [0.29, 0.717) is 12.1 Å². The van der Waals surface area contributed by atoms with Crippen molar-refractivity contribution in [1.29, 1.82) is 5.26 Å². The van der Waals surface area contributed by atoms with Gasteiger partial charge < -0.3 is 9.84 Å². The van der Waals surface area contributed by atoms with Gasteiger partial charge in [-0.15, -0.1) is 0 Å². The number of phenols is 1. The van der Waals surface area contributed by atoms with E-state index in [2.05, 4.69) is 4.74 Å². The van der Waals surface area contributed by atoms with E-state index >= 15 is 0 Å². The van der Waals surface area contributed by atoms with Crippen molar-refractivity contribution in [2.45, 2.75) is 13.1 Å². The van der Waals surface area contributed by atoms with Gasteiger partial charge in [-0.1, -0.05) is 0 Å². The molecule has 0 aromatic heterocycles. The topological polar surface area (TPSA) is 70.3 Å². The number of phenolic OH excluding ortho intramolecular Hbond substituents is 1. The third-order valence-electron chi connectivity index (χ3n) is 2.05. The number of aromatic hydroxyl groups is 1. The minimum absolute atomic E-state index is 0.0549. The number of esters is 1. The van der Waals surface area contributed by atoms with Crippen LogP contribution in [0.15, 0.2) is 12.1 Å². The van der Waals surface area contributed by atoms with E-state index in [1.165, 1.54) is 13.0 Å². The number of nitrogens with zero attached hydrogens (tertiary/aromatic N) is 1. The summed E-state index contributed by atoms with van der Waals surface area (Å²) in [4.78, 5) is 11.4. The molecule has 0 atom stereocenters. The molecule has 0 amide bonds. The van der Waals surface area contributed by atoms with Gasteiger partial charge in [-0.3, -0.25) is 0 Å². The minimum atomic E-state index is -4.73. The van der Waals surface area contributed by atoms with Gasteiger partial charge in [0.2, 0.25) is 0 Å². The third kappa shape index (κ3) is 2.71. The van der Waals surface area contributed by atoms with Gasteiger partial charge in [-0.25, -0.2) is 4.79 Å². The fourth-order valence-electron chi connectivity index (χ4n) is 1.28. The van der Waals surface area contributed by atoms with Crippen LogP contribution in [0.2, 0.25) is 0 Å². The summed E-state index contributed by atoms with van der Waals surface area (Å²) in [5.74, 6) is -1.99. The molecule has 96 valence electrons. The smallest absolute Gasteiger partial charge is 0.416 e. The van der Waals surface area contributed by atoms with Crippen LogP contribution >= 0.6 is 0 Å². The first-order valence-electron chi connectivity index (χ1n) is 4.82. The van der Waals surface area contributed by atoms with Crippen LogP contribution in [0.25, 0.3) is 0 Å². The van der Waals surface area contributed by atoms with E-state index in [-0.39, 0.29) is 6.61 Å². The van der Waals surface area contributed by atoms with E-state index in [9.17, 15) is 23.1 Å². The zero-order valence-electron chi connectivity index (χ0n) is 9.21. The van der Waals surface area contributed by atoms with Gasteiger partial charge in [0.1, 0.15) is 17.4 Å². The van der Waals surface area contributed by atoms with Crippen LogP contribution in [0, 0.1) is 11.3 Å². The molecule has 0 aliphatic heterocycles. The Bertz CT molecular complexity index is 517. The molecule has 1 rings (SSSR count). The van der Waals surface area contributed by atoms with Gasteiger partial charge in [-0.2, -0.15) is 18.4 Å². The Labute approximate surface area is 100 Å². The number of nitriles is 1. The van der Waals surface area contributed by atoms with Crippen molar-refractivity contribution in [3.63, 3.8) is 0 Å². The molecule has 0 aliphatic carbocycles. The maximum Gasteiger partial charge on any atom is 0.416 e. The molecule has 0 heterocycles. The Morgan fingerprint density at radius 1 is 1.50 bits per heavy atom. The minimum Gasteiger partial charge on any atom is -0.507 e. The van der Waals surface area contributed by atoms with Crippen molar-refractivity contribution in [1.82, 2.24) is 0 Å². The summed E-state index contributed by atoms with van der Waals surface area (Å²) in [5, 5.41) is 18.0. The summed E-state index contributed by atoms with van der Waals surface area (Å²) in [6.45, 7) is 1.41. The molecule has 7 heteroatoms. The predicted octanol–water partition coefficient (Wildman–Crippen LogP) is 2.46. The summed E-state index contributed by atoms with van der Waals surface area (Å²) < 4.78 is 42.0. The van der Waals surface area contributed by atoms with Crippen LogP contribution in [0.3, 0.4) is 0 Å². The molecular formula is C11H8F3NO3. The highest BCUT2D eigenvalue weighted by Gasteiger charge is 2.33. The zero-order chi connectivity index (χ0) is 13.9. The fourth-order valence-corrected chi connectivity index (χ4v) is 1.28. The average Bonchev–Trinajstić information content (AvgIpc) is 2.27. The van der Waals surface area contributed by atoms with Crippen LogP contribution in [0.5, 0.6) is 5.75 Å². The van der Waals surface area contributed by atoms with Crippen LogP contribution in [-0.2, 0) is 10.9 Å². The van der Waals surface area contributed by atoms with Crippen LogP contribution in [0.4, 0.5) is 13.2 Å².